The second-order valence-corrected chi connectivity index (χ2v) is 27.3. The fraction of sp³-hybridized carbons (Fsp3) is 0.458. The minimum atomic E-state index is -4.11. The molecule has 21 heteroatoms. The molecule has 8 unspecified atom stereocenters. The summed E-state index contributed by atoms with van der Waals surface area (Å²) >= 11 is 0. The largest absolute Gasteiger partial charge is 0.452 e. The van der Waals surface area contributed by atoms with Crippen molar-refractivity contribution in [3.8, 4) is 22.5 Å². The normalized spacial score (nSPS) is 30.3. The average Bonchev–Trinajstić information content (AvgIpc) is 4.24. The Hall–Kier alpha value is -6.52. The van der Waals surface area contributed by atoms with E-state index in [-0.39, 0.29) is 56.7 Å². The van der Waals surface area contributed by atoms with E-state index < -0.39 is 49.9 Å². The van der Waals surface area contributed by atoms with Crippen LogP contribution in [0, 0.1) is 58.0 Å². The number of nitrogens with two attached hydrogens (primary N) is 1. The zero-order chi connectivity index (χ0) is 55.9. The maximum absolute atomic E-state index is 13.2. The highest BCUT2D eigenvalue weighted by molar-refractivity contribution is 7.90. The second-order valence-electron chi connectivity index (χ2n) is 23.9. The fourth-order valence-corrected chi connectivity index (χ4v) is 18.2. The lowest BCUT2D eigenvalue weighted by atomic mass is 9.46. The third-order valence-corrected chi connectivity index (χ3v) is 22.1. The summed E-state index contributed by atoms with van der Waals surface area (Å²) in [5, 5.41) is 26.2. The number of aliphatic hydroxyl groups excluding tert-OH is 2. The van der Waals surface area contributed by atoms with Crippen LogP contribution in [0.5, 0.6) is 0 Å². The van der Waals surface area contributed by atoms with Crippen LogP contribution in [0.2, 0.25) is 0 Å². The molecule has 422 valence electrons. The summed E-state index contributed by atoms with van der Waals surface area (Å²) in [5.74, 6) is 1.82. The maximum Gasteiger partial charge on any atom is 0.420 e. The van der Waals surface area contributed by atoms with Crippen molar-refractivity contribution in [2.45, 2.75) is 123 Å². The van der Waals surface area contributed by atoms with Crippen molar-refractivity contribution >= 4 is 32.2 Å². The van der Waals surface area contributed by atoms with Crippen LogP contribution in [0.3, 0.4) is 0 Å². The molecule has 8 atom stereocenters. The van der Waals surface area contributed by atoms with Gasteiger partial charge in [0.15, 0.2) is 0 Å². The molecular formula is C59H66F2N8O9S2. The zero-order valence-electron chi connectivity index (χ0n) is 44.2. The molecular weight excluding hydrogens is 1070 g/mol. The molecule has 8 fully saturated rings. The first kappa shape index (κ1) is 54.1. The molecule has 16 rings (SSSR count). The molecule has 0 saturated heterocycles. The Morgan fingerprint density at radius 2 is 1.05 bits per heavy atom. The van der Waals surface area contributed by atoms with Gasteiger partial charge in [0.2, 0.25) is 0 Å². The number of methoxy groups -OCH3 is 1. The first-order valence-corrected chi connectivity index (χ1v) is 30.6. The number of nitrogens with one attached hydrogen (secondary N) is 3. The molecule has 80 heavy (non-hydrogen) atoms. The van der Waals surface area contributed by atoms with Crippen molar-refractivity contribution in [2.24, 2.45) is 52.1 Å². The summed E-state index contributed by atoms with van der Waals surface area (Å²) in [4.78, 5) is 31.8. The summed E-state index contributed by atoms with van der Waals surface area (Å²) in [5.41, 5.74) is 13.7. The van der Waals surface area contributed by atoms with Crippen LogP contribution in [-0.4, -0.2) is 89.7 Å². The highest BCUT2D eigenvalue weighted by Gasteiger charge is 2.59. The van der Waals surface area contributed by atoms with E-state index >= 15 is 0 Å². The van der Waals surface area contributed by atoms with Crippen molar-refractivity contribution in [1.29, 1.82) is 0 Å². The Morgan fingerprint density at radius 1 is 0.637 bits per heavy atom. The van der Waals surface area contributed by atoms with Gasteiger partial charge in [0.25, 0.3) is 20.0 Å². The van der Waals surface area contributed by atoms with Crippen molar-refractivity contribution in [1.82, 2.24) is 33.9 Å². The maximum atomic E-state index is 13.2. The number of amides is 3. The number of hydrogen-bond donors (Lipinski definition) is 6. The Bertz CT molecular complexity index is 3510. The molecule has 3 amide bonds. The monoisotopic (exact) mass is 1130 g/mol. The number of aromatic nitrogens is 4. The van der Waals surface area contributed by atoms with Gasteiger partial charge in [-0.3, -0.25) is 0 Å². The van der Waals surface area contributed by atoms with E-state index in [1.807, 2.05) is 37.2 Å². The molecule has 0 radical (unpaired) electrons. The number of aliphatic hydroxyl groups is 2. The predicted octanol–water partition coefficient (Wildman–Crippen LogP) is 8.45. The third kappa shape index (κ3) is 9.89. The summed E-state index contributed by atoms with van der Waals surface area (Å²) < 4.78 is 86.0. The smallest absolute Gasteiger partial charge is 0.420 e. The van der Waals surface area contributed by atoms with Gasteiger partial charge >= 0.3 is 12.1 Å². The first-order chi connectivity index (χ1) is 38.3. The second kappa shape index (κ2) is 20.8. The predicted molar refractivity (Wildman–Crippen MR) is 291 cm³/mol. The first-order valence-electron chi connectivity index (χ1n) is 27.6. The Labute approximate surface area is 463 Å². The van der Waals surface area contributed by atoms with E-state index in [0.717, 1.165) is 119 Å². The van der Waals surface area contributed by atoms with Gasteiger partial charge in [-0.15, -0.1) is 0 Å². The number of ether oxygens (including phenoxy) is 1. The SMILES string of the molecule is COC(=O)NS(=O)(=O)c1ccc(F)cc1.NC1C2CC3CC1CC(C(O)CC1c4ccccc4-c4cncn41)(C3)C2.O=C(NC1C2CC3CC1CC(C(O)CC1c4ccccc4-c4cncn41)(C3)C2)NS(=O)(=O)c1ccc(F)cc1. The fourth-order valence-electron chi connectivity index (χ4n) is 16.3. The zero-order valence-corrected chi connectivity index (χ0v) is 45.8. The van der Waals surface area contributed by atoms with E-state index in [9.17, 15) is 45.4 Å². The van der Waals surface area contributed by atoms with Gasteiger partial charge in [0, 0.05) is 23.2 Å². The van der Waals surface area contributed by atoms with Gasteiger partial charge in [0.05, 0.1) is 77.6 Å². The van der Waals surface area contributed by atoms with Crippen LogP contribution in [-0.2, 0) is 24.8 Å². The van der Waals surface area contributed by atoms with Gasteiger partial charge in [-0.05, 0) is 183 Å². The molecule has 0 spiro atoms. The van der Waals surface area contributed by atoms with Crippen molar-refractivity contribution < 1.29 is 50.2 Å². The van der Waals surface area contributed by atoms with E-state index in [4.69, 9.17) is 5.73 Å². The van der Waals surface area contributed by atoms with Crippen LogP contribution in [0.15, 0.2) is 132 Å². The van der Waals surface area contributed by atoms with E-state index in [2.05, 4.69) is 70.3 Å². The number of imidazole rings is 2. The van der Waals surface area contributed by atoms with Crippen LogP contribution in [0.4, 0.5) is 18.4 Å². The summed E-state index contributed by atoms with van der Waals surface area (Å²) in [6, 6.07) is 25.0. The molecule has 10 aliphatic rings. The van der Waals surface area contributed by atoms with Gasteiger partial charge in [0.1, 0.15) is 11.6 Å². The number of carbonyl (C=O) groups is 2. The number of fused-ring (bicyclic) bond motifs is 6. The minimum Gasteiger partial charge on any atom is -0.452 e. The standard InChI is InChI=1S/C29H31FN4O4S.C22H27N3O.C8H8FNO4S/c30-20-5-7-21(8-6-20)39(37,38)33-28(36)32-27-18-9-17-10-19(27)14-29(12-17,13-18)26(35)11-24-22-3-1-2-4-23(22)25-15-31-16-34(24)25;23-21-14-5-13-6-15(21)10-22(8-13,9-14)20(26)7-18-16-3-1-2-4-17(16)19-11-24-12-25(18)19;1-14-8(11)10-15(12,13)7-4-2-6(9)3-5-7/h1-8,15-19,24,26-27,35H,9-14H2,(H2,32,33,36);1-4,11-15,18,20-21,26H,5-10,23H2;2-5H,1H3,(H,10,11). The van der Waals surface area contributed by atoms with Gasteiger partial charge in [-0.2, -0.15) is 0 Å². The van der Waals surface area contributed by atoms with Crippen LogP contribution >= 0.6 is 0 Å². The van der Waals surface area contributed by atoms with E-state index in [1.165, 1.54) is 47.2 Å². The molecule has 8 bridgehead atoms. The lowest BCUT2D eigenvalue weighted by Gasteiger charge is -2.61. The number of nitrogens with zero attached hydrogens (tertiary/aromatic N) is 4. The van der Waals surface area contributed by atoms with Gasteiger partial charge < -0.3 is 35.1 Å². The summed E-state index contributed by atoms with van der Waals surface area (Å²) in [7, 11) is -7.05. The van der Waals surface area contributed by atoms with Crippen LogP contribution in [0.25, 0.3) is 22.5 Å². The molecule has 17 nitrogen and oxygen atoms in total. The van der Waals surface area contributed by atoms with E-state index in [1.54, 1.807) is 4.72 Å². The number of hydrogen-bond acceptors (Lipinski definition) is 12. The number of urea groups is 1. The highest BCUT2D eigenvalue weighted by Crippen LogP contribution is 2.64. The number of benzene rings is 4. The number of sulfonamides is 2. The lowest BCUT2D eigenvalue weighted by Crippen LogP contribution is -2.62. The van der Waals surface area contributed by atoms with Crippen molar-refractivity contribution in [3.63, 3.8) is 0 Å². The number of halogens is 2. The molecule has 7 N–H and O–H groups in total. The molecule has 8 aliphatic carbocycles. The average molecular weight is 1130 g/mol. The number of carbonyl (C=O) groups excluding carboxylic acids is 2. The van der Waals surface area contributed by atoms with Crippen LogP contribution in [0.1, 0.15) is 100 Å². The Morgan fingerprint density at radius 3 is 1.50 bits per heavy atom. The van der Waals surface area contributed by atoms with Gasteiger partial charge in [-0.1, -0.05) is 48.5 Å². The summed E-state index contributed by atoms with van der Waals surface area (Å²) in [6.07, 6.45) is 17.8. The molecule has 8 saturated carbocycles. The molecule has 2 aliphatic heterocycles. The lowest BCUT2D eigenvalue weighted by molar-refractivity contribution is -0.135. The summed E-state index contributed by atoms with van der Waals surface area (Å²) in [6.45, 7) is 0. The molecule has 4 aromatic carbocycles. The minimum absolute atomic E-state index is 0.0399. The highest BCUT2D eigenvalue weighted by atomic mass is 32.2. The topological polar surface area (TPSA) is 250 Å². The third-order valence-electron chi connectivity index (χ3n) is 19.4. The van der Waals surface area contributed by atoms with Gasteiger partial charge in [-0.25, -0.2) is 54.6 Å². The molecule has 6 aromatic rings. The molecule has 2 aromatic heterocycles. The Kier molecular flexibility index (Phi) is 14.1. The van der Waals surface area contributed by atoms with Crippen LogP contribution < -0.4 is 20.5 Å². The molecule has 4 heterocycles. The van der Waals surface area contributed by atoms with Crippen molar-refractivity contribution in [3.05, 3.63) is 145 Å². The quantitative estimate of drug-likeness (QED) is 0.0715. The number of rotatable bonds is 11. The van der Waals surface area contributed by atoms with Crippen molar-refractivity contribution in [2.75, 3.05) is 7.11 Å². The Balaban J connectivity index is 0.000000133. The van der Waals surface area contributed by atoms with E-state index in [0.29, 0.717) is 30.2 Å².